The highest BCUT2D eigenvalue weighted by molar-refractivity contribution is 5.77. The number of hydrogen-bond acceptors (Lipinski definition) is 2. The van der Waals surface area contributed by atoms with E-state index in [1.165, 1.54) is 38.5 Å². The quantitative estimate of drug-likeness (QED) is 0.783. The largest absolute Gasteiger partial charge is 0.366 e. The van der Waals surface area contributed by atoms with Gasteiger partial charge >= 0.3 is 0 Å². The van der Waals surface area contributed by atoms with Gasteiger partial charge in [0.25, 0.3) is 0 Å². The molecule has 1 atom stereocenters. The van der Waals surface area contributed by atoms with Crippen molar-refractivity contribution in [2.45, 2.75) is 77.9 Å². The van der Waals surface area contributed by atoms with Gasteiger partial charge in [-0.2, -0.15) is 0 Å². The maximum absolute atomic E-state index is 11.8. The van der Waals surface area contributed by atoms with Crippen LogP contribution in [0.3, 0.4) is 0 Å². The Morgan fingerprint density at radius 3 is 2.28 bits per heavy atom. The summed E-state index contributed by atoms with van der Waals surface area (Å²) in [5.41, 5.74) is -0.247. The molecule has 0 spiro atoms. The fourth-order valence-corrected chi connectivity index (χ4v) is 2.51. The summed E-state index contributed by atoms with van der Waals surface area (Å²) in [6, 6.07) is 0.277. The molecule has 0 bridgehead atoms. The Hall–Kier alpha value is -0.570. The molecule has 106 valence electrons. The first kappa shape index (κ1) is 15.5. The van der Waals surface area contributed by atoms with Gasteiger partial charge in [0.05, 0.1) is 5.60 Å². The second-order valence-corrected chi connectivity index (χ2v) is 6.51. The second-order valence-electron chi connectivity index (χ2n) is 6.51. The van der Waals surface area contributed by atoms with Gasteiger partial charge in [0.1, 0.15) is 6.61 Å². The van der Waals surface area contributed by atoms with Crippen LogP contribution < -0.4 is 5.32 Å². The predicted octanol–water partition coefficient (Wildman–Crippen LogP) is 3.28. The minimum Gasteiger partial charge on any atom is -0.366 e. The highest BCUT2D eigenvalue weighted by Crippen LogP contribution is 2.25. The van der Waals surface area contributed by atoms with Crippen LogP contribution in [0, 0.1) is 5.92 Å². The maximum atomic E-state index is 11.8. The molecule has 0 saturated heterocycles. The summed E-state index contributed by atoms with van der Waals surface area (Å²) >= 11 is 0. The first-order valence-corrected chi connectivity index (χ1v) is 7.32. The molecule has 3 nitrogen and oxygen atoms in total. The van der Waals surface area contributed by atoms with Gasteiger partial charge in [-0.3, -0.25) is 4.79 Å². The number of amides is 1. The molecule has 1 amide bonds. The van der Waals surface area contributed by atoms with Gasteiger partial charge in [-0.1, -0.05) is 25.7 Å². The highest BCUT2D eigenvalue weighted by atomic mass is 16.5. The van der Waals surface area contributed by atoms with Gasteiger partial charge in [-0.05, 0) is 46.5 Å². The van der Waals surface area contributed by atoms with E-state index in [-0.39, 0.29) is 24.2 Å². The van der Waals surface area contributed by atoms with Crippen LogP contribution in [0.4, 0.5) is 0 Å². The lowest BCUT2D eigenvalue weighted by atomic mass is 9.93. The van der Waals surface area contributed by atoms with Crippen LogP contribution in [-0.4, -0.2) is 24.2 Å². The predicted molar refractivity (Wildman–Crippen MR) is 74.5 cm³/mol. The van der Waals surface area contributed by atoms with E-state index >= 15 is 0 Å². The van der Waals surface area contributed by atoms with Crippen LogP contribution in [0.5, 0.6) is 0 Å². The normalized spacial score (nSPS) is 20.2. The van der Waals surface area contributed by atoms with Crippen LogP contribution in [0.15, 0.2) is 0 Å². The first-order chi connectivity index (χ1) is 8.38. The molecular formula is C15H29NO2. The van der Waals surface area contributed by atoms with Crippen LogP contribution in [0.2, 0.25) is 0 Å². The van der Waals surface area contributed by atoms with Crippen molar-refractivity contribution in [3.8, 4) is 0 Å². The zero-order chi connectivity index (χ0) is 13.6. The molecule has 0 unspecified atom stereocenters. The van der Waals surface area contributed by atoms with Crippen molar-refractivity contribution in [1.82, 2.24) is 5.32 Å². The molecule has 1 fully saturated rings. The molecule has 18 heavy (non-hydrogen) atoms. The highest BCUT2D eigenvalue weighted by Gasteiger charge is 2.21. The Morgan fingerprint density at radius 1 is 1.22 bits per heavy atom. The van der Waals surface area contributed by atoms with E-state index in [0.717, 1.165) is 0 Å². The number of carbonyl (C=O) groups excluding carboxylic acids is 1. The summed E-state index contributed by atoms with van der Waals surface area (Å²) in [6.07, 6.45) is 7.82. The fraction of sp³-hybridized carbons (Fsp3) is 0.933. The summed E-state index contributed by atoms with van der Waals surface area (Å²) in [5, 5.41) is 3.09. The van der Waals surface area contributed by atoms with Crippen LogP contribution in [0.25, 0.3) is 0 Å². The number of rotatable bonds is 4. The minimum atomic E-state index is -0.247. The number of hydrogen-bond donors (Lipinski definition) is 1. The van der Waals surface area contributed by atoms with Gasteiger partial charge < -0.3 is 10.1 Å². The molecule has 3 heteroatoms. The smallest absolute Gasteiger partial charge is 0.246 e. The van der Waals surface area contributed by atoms with Crippen molar-refractivity contribution in [2.24, 2.45) is 5.92 Å². The van der Waals surface area contributed by atoms with E-state index < -0.39 is 0 Å². The fourth-order valence-electron chi connectivity index (χ4n) is 2.51. The topological polar surface area (TPSA) is 38.3 Å². The third-order valence-corrected chi connectivity index (χ3v) is 3.63. The number of carbonyl (C=O) groups is 1. The summed E-state index contributed by atoms with van der Waals surface area (Å²) in [7, 11) is 0. The van der Waals surface area contributed by atoms with E-state index in [2.05, 4.69) is 12.2 Å². The van der Waals surface area contributed by atoms with Gasteiger partial charge in [0.2, 0.25) is 5.91 Å². The van der Waals surface area contributed by atoms with Crippen LogP contribution >= 0.6 is 0 Å². The van der Waals surface area contributed by atoms with Crippen LogP contribution in [0.1, 0.15) is 66.2 Å². The summed E-state index contributed by atoms with van der Waals surface area (Å²) in [6.45, 7) is 8.20. The average molecular weight is 255 g/mol. The Bertz CT molecular complexity index is 250. The molecule has 1 N–H and O–H groups in total. The SMILES string of the molecule is C[C@@H](NC(=O)COC(C)(C)C)C1CCCCCC1. The lowest BCUT2D eigenvalue weighted by molar-refractivity contribution is -0.131. The molecule has 0 aromatic heterocycles. The molecule has 0 aliphatic heterocycles. The molecule has 0 heterocycles. The molecular weight excluding hydrogens is 226 g/mol. The van der Waals surface area contributed by atoms with E-state index in [1.54, 1.807) is 0 Å². The Labute approximate surface area is 112 Å². The number of ether oxygens (including phenoxy) is 1. The van der Waals surface area contributed by atoms with Gasteiger partial charge in [0.15, 0.2) is 0 Å². The van der Waals surface area contributed by atoms with E-state index in [1.807, 2.05) is 20.8 Å². The van der Waals surface area contributed by atoms with Crippen LogP contribution in [-0.2, 0) is 9.53 Å². The molecule has 0 aromatic rings. The summed E-state index contributed by atoms with van der Waals surface area (Å²) in [4.78, 5) is 11.8. The third-order valence-electron chi connectivity index (χ3n) is 3.63. The first-order valence-electron chi connectivity index (χ1n) is 7.32. The van der Waals surface area contributed by atoms with Crippen molar-refractivity contribution in [3.63, 3.8) is 0 Å². The zero-order valence-corrected chi connectivity index (χ0v) is 12.4. The van der Waals surface area contributed by atoms with Crippen molar-refractivity contribution in [1.29, 1.82) is 0 Å². The summed E-state index contributed by atoms with van der Waals surface area (Å²) < 4.78 is 5.49. The lowest BCUT2D eigenvalue weighted by Crippen LogP contribution is -2.41. The molecule has 0 aromatic carbocycles. The molecule has 1 rings (SSSR count). The standard InChI is InChI=1S/C15H29NO2/c1-12(13-9-7-5-6-8-10-13)16-14(17)11-18-15(2,3)4/h12-13H,5-11H2,1-4H3,(H,16,17)/t12-/m1/s1. The van der Waals surface area contributed by atoms with Crippen molar-refractivity contribution in [2.75, 3.05) is 6.61 Å². The Morgan fingerprint density at radius 2 is 1.78 bits per heavy atom. The summed E-state index contributed by atoms with van der Waals surface area (Å²) in [5.74, 6) is 0.660. The maximum Gasteiger partial charge on any atom is 0.246 e. The lowest BCUT2D eigenvalue weighted by Gasteiger charge is -2.25. The number of nitrogens with one attached hydrogen (secondary N) is 1. The average Bonchev–Trinajstić information content (AvgIpc) is 2.54. The van der Waals surface area contributed by atoms with Crippen molar-refractivity contribution in [3.05, 3.63) is 0 Å². The van der Waals surface area contributed by atoms with E-state index in [0.29, 0.717) is 5.92 Å². The molecule has 0 radical (unpaired) electrons. The second kappa shape index (κ2) is 7.13. The van der Waals surface area contributed by atoms with Crippen molar-refractivity contribution < 1.29 is 9.53 Å². The zero-order valence-electron chi connectivity index (χ0n) is 12.4. The monoisotopic (exact) mass is 255 g/mol. The van der Waals surface area contributed by atoms with Gasteiger partial charge in [-0.25, -0.2) is 0 Å². The molecule has 1 aliphatic rings. The van der Waals surface area contributed by atoms with Crippen molar-refractivity contribution >= 4 is 5.91 Å². The van der Waals surface area contributed by atoms with E-state index in [9.17, 15) is 4.79 Å². The Balaban J connectivity index is 2.29. The van der Waals surface area contributed by atoms with Gasteiger partial charge in [-0.15, -0.1) is 0 Å². The minimum absolute atomic E-state index is 0.0154. The third kappa shape index (κ3) is 6.39. The molecule has 1 saturated carbocycles. The molecule has 1 aliphatic carbocycles. The van der Waals surface area contributed by atoms with Gasteiger partial charge in [0, 0.05) is 6.04 Å². The Kier molecular flexibility index (Phi) is 6.13. The van der Waals surface area contributed by atoms with E-state index in [4.69, 9.17) is 4.74 Å².